The van der Waals surface area contributed by atoms with Gasteiger partial charge in [0.05, 0.1) is 11.6 Å². The molecule has 3 aromatic rings. The second kappa shape index (κ2) is 7.21. The zero-order valence-corrected chi connectivity index (χ0v) is 14.3. The van der Waals surface area contributed by atoms with Gasteiger partial charge in [0.15, 0.2) is 5.78 Å². The van der Waals surface area contributed by atoms with Gasteiger partial charge in [0.2, 0.25) is 0 Å². The van der Waals surface area contributed by atoms with Crippen LogP contribution >= 0.6 is 0 Å². The van der Waals surface area contributed by atoms with E-state index in [1.807, 2.05) is 12.1 Å². The summed E-state index contributed by atoms with van der Waals surface area (Å²) >= 11 is 0. The fraction of sp³-hybridized carbons (Fsp3) is 0. The number of rotatable bonds is 5. The number of carbonyl (C=O) groups is 1. The zero-order chi connectivity index (χ0) is 18.6. The molecule has 3 rings (SSSR count). The lowest BCUT2D eigenvalue weighted by Crippen LogP contribution is -2.10. The summed E-state index contributed by atoms with van der Waals surface area (Å²) < 4.78 is 29.6. The monoisotopic (exact) mass is 363 g/mol. The Hall–Kier alpha value is -3.43. The molecule has 128 valence electrons. The molecule has 0 saturated carbocycles. The molecular weight excluding hydrogens is 350 g/mol. The van der Waals surface area contributed by atoms with Crippen LogP contribution in [0.1, 0.15) is 21.5 Å². The number of carbonyl (C=O) groups excluding carboxylic acids is 1. The predicted molar refractivity (Wildman–Crippen MR) is 95.3 cm³/mol. The van der Waals surface area contributed by atoms with Crippen LogP contribution in [0.15, 0.2) is 83.8 Å². The lowest BCUT2D eigenvalue weighted by molar-refractivity contribution is 0.103. The molecule has 0 heterocycles. The minimum atomic E-state index is -4.02. The van der Waals surface area contributed by atoms with Crippen molar-refractivity contribution in [2.75, 3.05) is 0 Å². The van der Waals surface area contributed by atoms with Gasteiger partial charge < -0.3 is 4.18 Å². The summed E-state index contributed by atoms with van der Waals surface area (Å²) in [5.74, 6) is -0.0638. The van der Waals surface area contributed by atoms with Crippen molar-refractivity contribution in [3.8, 4) is 11.8 Å². The molecule has 0 aliphatic carbocycles. The SMILES string of the molecule is N#Cc1ccc(S(=O)(=O)Oc2ccc(C(=O)c3ccccc3)cc2)cc1. The standard InChI is InChI=1S/C20H13NO4S/c21-14-15-6-12-19(13-7-15)26(23,24)25-18-10-8-17(9-11-18)20(22)16-4-2-1-3-5-16/h1-13H. The van der Waals surface area contributed by atoms with Crippen LogP contribution in [-0.2, 0) is 10.1 Å². The third kappa shape index (κ3) is 3.79. The van der Waals surface area contributed by atoms with E-state index in [9.17, 15) is 13.2 Å². The molecule has 0 N–H and O–H groups in total. The molecule has 0 unspecified atom stereocenters. The lowest BCUT2D eigenvalue weighted by Gasteiger charge is -2.08. The Labute approximate surface area is 151 Å². The molecule has 26 heavy (non-hydrogen) atoms. The minimum Gasteiger partial charge on any atom is -0.379 e. The first-order valence-corrected chi connectivity index (χ1v) is 9.05. The van der Waals surface area contributed by atoms with E-state index >= 15 is 0 Å². The Morgan fingerprint density at radius 3 is 1.96 bits per heavy atom. The Balaban J connectivity index is 1.78. The first-order chi connectivity index (χ1) is 12.5. The maximum atomic E-state index is 12.3. The summed E-state index contributed by atoms with van der Waals surface area (Å²) in [7, 11) is -4.02. The summed E-state index contributed by atoms with van der Waals surface area (Å²) in [5.41, 5.74) is 1.33. The quantitative estimate of drug-likeness (QED) is 0.511. The normalized spacial score (nSPS) is 10.7. The van der Waals surface area contributed by atoms with Crippen molar-refractivity contribution in [2.45, 2.75) is 4.90 Å². The summed E-state index contributed by atoms with van der Waals surface area (Å²) in [6, 6.07) is 22.0. The molecule has 3 aromatic carbocycles. The fourth-order valence-electron chi connectivity index (χ4n) is 2.29. The fourth-order valence-corrected chi connectivity index (χ4v) is 3.22. The molecule has 0 fully saturated rings. The van der Waals surface area contributed by atoms with Crippen LogP contribution in [0.3, 0.4) is 0 Å². The van der Waals surface area contributed by atoms with Gasteiger partial charge in [-0.3, -0.25) is 4.79 Å². The highest BCUT2D eigenvalue weighted by molar-refractivity contribution is 7.87. The van der Waals surface area contributed by atoms with E-state index in [2.05, 4.69) is 0 Å². The van der Waals surface area contributed by atoms with Gasteiger partial charge in [0.1, 0.15) is 10.6 Å². The van der Waals surface area contributed by atoms with E-state index in [0.717, 1.165) is 0 Å². The molecule has 0 atom stereocenters. The van der Waals surface area contributed by atoms with Crippen LogP contribution in [0.2, 0.25) is 0 Å². The highest BCUT2D eigenvalue weighted by atomic mass is 32.2. The van der Waals surface area contributed by atoms with Crippen LogP contribution in [-0.4, -0.2) is 14.2 Å². The maximum absolute atomic E-state index is 12.3. The number of nitriles is 1. The van der Waals surface area contributed by atoms with Crippen molar-refractivity contribution in [3.63, 3.8) is 0 Å². The predicted octanol–water partition coefficient (Wildman–Crippen LogP) is 3.56. The van der Waals surface area contributed by atoms with Crippen LogP contribution < -0.4 is 4.18 Å². The van der Waals surface area contributed by atoms with Crippen molar-refractivity contribution in [1.82, 2.24) is 0 Å². The van der Waals surface area contributed by atoms with Crippen LogP contribution in [0.25, 0.3) is 0 Å². The van der Waals surface area contributed by atoms with E-state index in [-0.39, 0.29) is 16.4 Å². The van der Waals surface area contributed by atoms with Gasteiger partial charge in [-0.05, 0) is 48.5 Å². The zero-order valence-electron chi connectivity index (χ0n) is 13.5. The van der Waals surface area contributed by atoms with Crippen molar-refractivity contribution >= 4 is 15.9 Å². The van der Waals surface area contributed by atoms with Gasteiger partial charge in [-0.15, -0.1) is 0 Å². The Morgan fingerprint density at radius 1 is 0.808 bits per heavy atom. The van der Waals surface area contributed by atoms with Crippen molar-refractivity contribution in [2.24, 2.45) is 0 Å². The summed E-state index contributed by atoms with van der Waals surface area (Å²) in [5, 5.41) is 8.76. The highest BCUT2D eigenvalue weighted by Crippen LogP contribution is 2.20. The molecular formula is C20H13NO4S. The minimum absolute atomic E-state index is 0.0547. The van der Waals surface area contributed by atoms with Crippen LogP contribution in [0.5, 0.6) is 5.75 Å². The van der Waals surface area contributed by atoms with E-state index < -0.39 is 10.1 Å². The lowest BCUT2D eigenvalue weighted by atomic mass is 10.0. The average Bonchev–Trinajstić information content (AvgIpc) is 2.68. The molecule has 0 aromatic heterocycles. The summed E-state index contributed by atoms with van der Waals surface area (Å²) in [4.78, 5) is 12.3. The van der Waals surface area contributed by atoms with Gasteiger partial charge in [0.25, 0.3) is 0 Å². The molecule has 5 nitrogen and oxygen atoms in total. The molecule has 0 bridgehead atoms. The topological polar surface area (TPSA) is 84.2 Å². The molecule has 0 aliphatic rings. The maximum Gasteiger partial charge on any atom is 0.339 e. The first kappa shape index (κ1) is 17.4. The summed E-state index contributed by atoms with van der Waals surface area (Å²) in [6.07, 6.45) is 0. The Bertz CT molecular complexity index is 1070. The Morgan fingerprint density at radius 2 is 1.38 bits per heavy atom. The molecule has 0 aliphatic heterocycles. The first-order valence-electron chi connectivity index (χ1n) is 7.64. The van der Waals surface area contributed by atoms with Crippen molar-refractivity contribution in [3.05, 3.63) is 95.6 Å². The highest BCUT2D eigenvalue weighted by Gasteiger charge is 2.17. The van der Waals surface area contributed by atoms with Gasteiger partial charge in [-0.2, -0.15) is 13.7 Å². The molecule has 0 saturated heterocycles. The van der Waals surface area contributed by atoms with Gasteiger partial charge in [-0.1, -0.05) is 30.3 Å². The number of ketones is 1. The van der Waals surface area contributed by atoms with E-state index in [0.29, 0.717) is 16.7 Å². The number of hydrogen-bond acceptors (Lipinski definition) is 5. The molecule has 0 spiro atoms. The summed E-state index contributed by atoms with van der Waals surface area (Å²) in [6.45, 7) is 0. The van der Waals surface area contributed by atoms with E-state index in [1.54, 1.807) is 24.3 Å². The number of hydrogen-bond donors (Lipinski definition) is 0. The van der Waals surface area contributed by atoms with Gasteiger partial charge in [-0.25, -0.2) is 0 Å². The third-order valence-electron chi connectivity index (χ3n) is 3.63. The van der Waals surface area contributed by atoms with E-state index in [1.165, 1.54) is 48.5 Å². The second-order valence-corrected chi connectivity index (χ2v) is 6.94. The smallest absolute Gasteiger partial charge is 0.339 e. The largest absolute Gasteiger partial charge is 0.379 e. The van der Waals surface area contributed by atoms with Crippen LogP contribution in [0, 0.1) is 11.3 Å². The average molecular weight is 363 g/mol. The van der Waals surface area contributed by atoms with Crippen molar-refractivity contribution in [1.29, 1.82) is 5.26 Å². The molecule has 0 radical (unpaired) electrons. The molecule has 6 heteroatoms. The Kier molecular flexibility index (Phi) is 4.83. The van der Waals surface area contributed by atoms with Gasteiger partial charge in [0, 0.05) is 11.1 Å². The van der Waals surface area contributed by atoms with E-state index in [4.69, 9.17) is 9.44 Å². The van der Waals surface area contributed by atoms with Crippen molar-refractivity contribution < 1.29 is 17.4 Å². The number of benzene rings is 3. The molecule has 0 amide bonds. The second-order valence-electron chi connectivity index (χ2n) is 5.39. The van der Waals surface area contributed by atoms with Crippen LogP contribution in [0.4, 0.5) is 0 Å². The van der Waals surface area contributed by atoms with Gasteiger partial charge >= 0.3 is 10.1 Å². The number of nitrogens with zero attached hydrogens (tertiary/aromatic N) is 1. The third-order valence-corrected chi connectivity index (χ3v) is 4.89.